The number of aromatic nitrogens is 1. The Morgan fingerprint density at radius 3 is 2.58 bits per heavy atom. The van der Waals surface area contributed by atoms with Crippen LogP contribution in [0.1, 0.15) is 90.5 Å². The van der Waals surface area contributed by atoms with E-state index in [1.807, 2.05) is 18.5 Å². The van der Waals surface area contributed by atoms with Crippen LogP contribution in [0.4, 0.5) is 0 Å². The standard InChI is InChI=1S/C26H39NO3S/c1-16(28)30-18-9-11-24(2)17(15-18)5-6-19-20-7-8-22(25(20,3)12-10-21(19)24)26(4,29)23-27-13-14-31-23/h13-14,17-22,29H,5-12,15H2,1-4H3/t17-,18-,19-,20-,21-,22-,24-,25-,26+/m0/s1. The molecule has 1 aromatic heterocycles. The molecule has 0 unspecified atom stereocenters. The number of fused-ring (bicyclic) bond motifs is 5. The van der Waals surface area contributed by atoms with Gasteiger partial charge >= 0.3 is 5.97 Å². The zero-order chi connectivity index (χ0) is 22.0. The molecule has 0 amide bonds. The topological polar surface area (TPSA) is 59.4 Å². The first-order chi connectivity index (χ1) is 14.7. The summed E-state index contributed by atoms with van der Waals surface area (Å²) in [4.78, 5) is 16.0. The minimum atomic E-state index is -0.826. The molecule has 4 aliphatic carbocycles. The molecule has 31 heavy (non-hydrogen) atoms. The second kappa shape index (κ2) is 7.55. The molecule has 0 saturated heterocycles. The predicted molar refractivity (Wildman–Crippen MR) is 122 cm³/mol. The average molecular weight is 446 g/mol. The number of esters is 1. The number of nitrogens with zero attached hydrogens (tertiary/aromatic N) is 1. The van der Waals surface area contributed by atoms with Gasteiger partial charge < -0.3 is 9.84 Å². The third-order valence-electron chi connectivity index (χ3n) is 10.5. The van der Waals surface area contributed by atoms with Crippen molar-refractivity contribution in [2.24, 2.45) is 40.4 Å². The van der Waals surface area contributed by atoms with Crippen molar-refractivity contribution in [3.63, 3.8) is 0 Å². The molecule has 9 atom stereocenters. The fourth-order valence-corrected chi connectivity index (χ4v) is 9.86. The summed E-state index contributed by atoms with van der Waals surface area (Å²) >= 11 is 1.60. The van der Waals surface area contributed by atoms with Crippen LogP contribution < -0.4 is 0 Å². The van der Waals surface area contributed by atoms with Gasteiger partial charge in [0.05, 0.1) is 0 Å². The minimum Gasteiger partial charge on any atom is -0.463 e. The van der Waals surface area contributed by atoms with E-state index in [2.05, 4.69) is 18.8 Å². The number of hydrogen-bond donors (Lipinski definition) is 1. The molecule has 4 aliphatic rings. The average Bonchev–Trinajstić information content (AvgIpc) is 3.36. The van der Waals surface area contributed by atoms with Crippen molar-refractivity contribution in [2.45, 2.75) is 97.2 Å². The molecule has 4 fully saturated rings. The van der Waals surface area contributed by atoms with Crippen LogP contribution >= 0.6 is 11.3 Å². The molecule has 4 saturated carbocycles. The third-order valence-corrected chi connectivity index (χ3v) is 11.5. The normalized spacial score (nSPS) is 46.4. The van der Waals surface area contributed by atoms with Crippen molar-refractivity contribution in [1.29, 1.82) is 0 Å². The predicted octanol–water partition coefficient (Wildman–Crippen LogP) is 5.94. The highest BCUT2D eigenvalue weighted by molar-refractivity contribution is 7.09. The molecule has 0 bridgehead atoms. The zero-order valence-electron chi connectivity index (χ0n) is 19.6. The summed E-state index contributed by atoms with van der Waals surface area (Å²) < 4.78 is 5.62. The van der Waals surface area contributed by atoms with E-state index in [-0.39, 0.29) is 17.5 Å². The van der Waals surface area contributed by atoms with Crippen molar-refractivity contribution >= 4 is 17.3 Å². The van der Waals surface area contributed by atoms with E-state index in [9.17, 15) is 9.90 Å². The Morgan fingerprint density at radius 2 is 1.87 bits per heavy atom. The lowest BCUT2D eigenvalue weighted by Gasteiger charge is -2.61. The highest BCUT2D eigenvalue weighted by Crippen LogP contribution is 2.69. The van der Waals surface area contributed by atoms with E-state index >= 15 is 0 Å². The summed E-state index contributed by atoms with van der Waals surface area (Å²) in [6.45, 7) is 8.60. The van der Waals surface area contributed by atoms with Gasteiger partial charge in [0.1, 0.15) is 16.7 Å². The van der Waals surface area contributed by atoms with Crippen LogP contribution in [-0.2, 0) is 15.1 Å². The van der Waals surface area contributed by atoms with Crippen LogP contribution in [0.25, 0.3) is 0 Å². The molecule has 5 rings (SSSR count). The van der Waals surface area contributed by atoms with Crippen molar-refractivity contribution < 1.29 is 14.6 Å². The highest BCUT2D eigenvalue weighted by Gasteiger charge is 2.63. The largest absolute Gasteiger partial charge is 0.463 e. The fraction of sp³-hybridized carbons (Fsp3) is 0.846. The van der Waals surface area contributed by atoms with Gasteiger partial charge in [0, 0.05) is 18.5 Å². The maximum absolute atomic E-state index is 11.6. The van der Waals surface area contributed by atoms with Crippen LogP contribution in [0.2, 0.25) is 0 Å². The molecule has 1 heterocycles. The summed E-state index contributed by atoms with van der Waals surface area (Å²) in [5.41, 5.74) is -0.237. The first-order valence-corrected chi connectivity index (χ1v) is 13.3. The smallest absolute Gasteiger partial charge is 0.302 e. The second-order valence-corrected chi connectivity index (χ2v) is 12.7. The first kappa shape index (κ1) is 21.9. The van der Waals surface area contributed by atoms with Gasteiger partial charge in [-0.25, -0.2) is 4.98 Å². The number of carbonyl (C=O) groups is 1. The number of thiazole rings is 1. The molecule has 4 nitrogen and oxygen atoms in total. The van der Waals surface area contributed by atoms with Crippen LogP contribution in [0.3, 0.4) is 0 Å². The maximum Gasteiger partial charge on any atom is 0.302 e. The summed E-state index contributed by atoms with van der Waals surface area (Å²) in [6.07, 6.45) is 12.7. The quantitative estimate of drug-likeness (QED) is 0.585. The Balaban J connectivity index is 1.37. The summed E-state index contributed by atoms with van der Waals surface area (Å²) in [6, 6.07) is 0. The number of carbonyl (C=O) groups excluding carboxylic acids is 1. The van der Waals surface area contributed by atoms with E-state index in [0.29, 0.717) is 23.2 Å². The van der Waals surface area contributed by atoms with Gasteiger partial charge in [-0.3, -0.25) is 4.79 Å². The van der Waals surface area contributed by atoms with Crippen LogP contribution in [0, 0.1) is 40.4 Å². The van der Waals surface area contributed by atoms with Gasteiger partial charge in [0.25, 0.3) is 0 Å². The molecular formula is C26H39NO3S. The Bertz CT molecular complexity index is 823. The van der Waals surface area contributed by atoms with Crippen molar-refractivity contribution in [2.75, 3.05) is 0 Å². The van der Waals surface area contributed by atoms with Gasteiger partial charge in [-0.2, -0.15) is 0 Å². The van der Waals surface area contributed by atoms with E-state index in [1.54, 1.807) is 18.3 Å². The second-order valence-electron chi connectivity index (χ2n) is 11.8. The van der Waals surface area contributed by atoms with Crippen LogP contribution in [0.15, 0.2) is 11.6 Å². The Hall–Kier alpha value is -0.940. The van der Waals surface area contributed by atoms with Gasteiger partial charge in [-0.15, -0.1) is 11.3 Å². The van der Waals surface area contributed by atoms with Crippen LogP contribution in [0.5, 0.6) is 0 Å². The van der Waals surface area contributed by atoms with Gasteiger partial charge in [0.2, 0.25) is 0 Å². The third kappa shape index (κ3) is 3.32. The first-order valence-electron chi connectivity index (χ1n) is 12.5. The molecule has 172 valence electrons. The summed E-state index contributed by atoms with van der Waals surface area (Å²) in [5, 5.41) is 14.5. The number of hydrogen-bond acceptors (Lipinski definition) is 5. The van der Waals surface area contributed by atoms with E-state index in [0.717, 1.165) is 36.1 Å². The molecule has 0 aliphatic heterocycles. The number of ether oxygens (including phenoxy) is 1. The molecule has 0 aromatic carbocycles. The van der Waals surface area contributed by atoms with E-state index < -0.39 is 5.60 Å². The van der Waals surface area contributed by atoms with Crippen molar-refractivity contribution in [3.8, 4) is 0 Å². The Labute approximate surface area is 191 Å². The van der Waals surface area contributed by atoms with Gasteiger partial charge in [-0.1, -0.05) is 13.8 Å². The fourth-order valence-electron chi connectivity index (χ4n) is 9.11. The SMILES string of the molecule is CC(=O)O[C@H]1CC[C@@]2(C)[C@@H](CC[C@@H]3[C@@H]2CC[C@@]2(C)[C@H]3CC[C@@H]2[C@@](C)(O)c2nccs2)C1. The highest BCUT2D eigenvalue weighted by atomic mass is 32.1. The molecule has 0 spiro atoms. The van der Waals surface area contributed by atoms with Gasteiger partial charge in [0.15, 0.2) is 0 Å². The molecular weight excluding hydrogens is 406 g/mol. The zero-order valence-corrected chi connectivity index (χ0v) is 20.4. The number of aliphatic hydroxyl groups is 1. The summed E-state index contributed by atoms with van der Waals surface area (Å²) in [5.74, 6) is 3.13. The number of rotatable bonds is 3. The monoisotopic (exact) mass is 445 g/mol. The Kier molecular flexibility index (Phi) is 5.33. The molecule has 1 aromatic rings. The Morgan fingerprint density at radius 1 is 1.13 bits per heavy atom. The molecule has 1 N–H and O–H groups in total. The van der Waals surface area contributed by atoms with E-state index in [1.165, 1.54) is 38.5 Å². The molecule has 5 heteroatoms. The van der Waals surface area contributed by atoms with Crippen LogP contribution in [-0.4, -0.2) is 22.2 Å². The van der Waals surface area contributed by atoms with Crippen molar-refractivity contribution in [1.82, 2.24) is 4.98 Å². The molecule has 0 radical (unpaired) electrons. The maximum atomic E-state index is 11.6. The lowest BCUT2D eigenvalue weighted by molar-refractivity contribution is -0.164. The van der Waals surface area contributed by atoms with E-state index in [4.69, 9.17) is 4.74 Å². The van der Waals surface area contributed by atoms with Gasteiger partial charge in [-0.05, 0) is 105 Å². The lowest BCUT2D eigenvalue weighted by Crippen LogP contribution is -2.55. The lowest BCUT2D eigenvalue weighted by atomic mass is 9.44. The summed E-state index contributed by atoms with van der Waals surface area (Å²) in [7, 11) is 0. The minimum absolute atomic E-state index is 0.125. The van der Waals surface area contributed by atoms with Crippen molar-refractivity contribution in [3.05, 3.63) is 16.6 Å².